The Bertz CT molecular complexity index is 930. The maximum Gasteiger partial charge on any atom is 0.414 e. The highest BCUT2D eigenvalue weighted by molar-refractivity contribution is 7.99. The molecule has 1 aromatic carbocycles. The predicted octanol–water partition coefficient (Wildman–Crippen LogP) is 2.94. The fourth-order valence-electron chi connectivity index (χ4n) is 3.93. The zero-order chi connectivity index (χ0) is 25.1. The molecular formula is C23H32FN3O6S. The van der Waals surface area contributed by atoms with E-state index in [1.165, 1.54) is 22.7 Å². The van der Waals surface area contributed by atoms with E-state index in [4.69, 9.17) is 9.47 Å². The second kappa shape index (κ2) is 10.4. The van der Waals surface area contributed by atoms with Gasteiger partial charge in [0.25, 0.3) is 0 Å². The number of amides is 2. The topological polar surface area (TPSA) is 108 Å². The molecule has 2 fully saturated rings. The van der Waals surface area contributed by atoms with Gasteiger partial charge in [-0.2, -0.15) is 11.8 Å². The average molecular weight is 498 g/mol. The summed E-state index contributed by atoms with van der Waals surface area (Å²) in [6.07, 6.45) is 0.445. The van der Waals surface area contributed by atoms with E-state index in [1.807, 2.05) is 6.26 Å². The molecule has 0 radical (unpaired) electrons. The summed E-state index contributed by atoms with van der Waals surface area (Å²) in [6.45, 7) is 6.16. The standard InChI is InChI=1S/C23H32FN3O6S/c1-22(2,3)33-20(29)25-12-16-13-27(21(30)32-16)15-5-6-18(17(24)11-15)26-9-7-23(31,8-10-26)19(28)14-34-4/h5-6,11,16,31H,7-10,12-14H2,1-4H3,(H,25,29). The lowest BCUT2D eigenvalue weighted by molar-refractivity contribution is -0.136. The number of rotatable bonds is 7. The van der Waals surface area contributed by atoms with Crippen LogP contribution in [0.2, 0.25) is 0 Å². The summed E-state index contributed by atoms with van der Waals surface area (Å²) in [5, 5.41) is 13.2. The number of cyclic esters (lactones) is 1. The number of halogens is 1. The van der Waals surface area contributed by atoms with Crippen LogP contribution in [0.15, 0.2) is 18.2 Å². The summed E-state index contributed by atoms with van der Waals surface area (Å²) in [7, 11) is 0. The Morgan fingerprint density at radius 3 is 2.59 bits per heavy atom. The predicted molar refractivity (Wildman–Crippen MR) is 128 cm³/mol. The fourth-order valence-corrected chi connectivity index (χ4v) is 4.46. The summed E-state index contributed by atoms with van der Waals surface area (Å²) < 4.78 is 25.4. The van der Waals surface area contributed by atoms with Gasteiger partial charge in [-0.25, -0.2) is 14.0 Å². The summed E-state index contributed by atoms with van der Waals surface area (Å²) in [4.78, 5) is 39.4. The summed E-state index contributed by atoms with van der Waals surface area (Å²) in [5.74, 6) is -0.458. The molecule has 11 heteroatoms. The minimum atomic E-state index is -1.36. The van der Waals surface area contributed by atoms with Crippen molar-refractivity contribution in [3.05, 3.63) is 24.0 Å². The lowest BCUT2D eigenvalue weighted by atomic mass is 9.87. The largest absolute Gasteiger partial charge is 0.444 e. The number of thioether (sulfide) groups is 1. The van der Waals surface area contributed by atoms with Gasteiger partial charge < -0.3 is 24.8 Å². The molecule has 0 aromatic heterocycles. The van der Waals surface area contributed by atoms with Gasteiger partial charge in [0.15, 0.2) is 5.78 Å². The normalized spacial score (nSPS) is 20.2. The molecule has 9 nitrogen and oxygen atoms in total. The lowest BCUT2D eigenvalue weighted by Gasteiger charge is -2.38. The second-order valence-electron chi connectivity index (χ2n) is 9.51. The molecule has 188 valence electrons. The first-order chi connectivity index (χ1) is 15.9. The molecule has 0 saturated carbocycles. The number of anilines is 2. The third-order valence-corrected chi connectivity index (χ3v) is 6.27. The monoisotopic (exact) mass is 497 g/mol. The molecule has 0 bridgehead atoms. The van der Waals surface area contributed by atoms with Crippen molar-refractivity contribution >= 4 is 41.1 Å². The zero-order valence-electron chi connectivity index (χ0n) is 19.9. The van der Waals surface area contributed by atoms with Crippen LogP contribution in [-0.4, -0.2) is 78.6 Å². The molecule has 2 aliphatic heterocycles. The highest BCUT2D eigenvalue weighted by Gasteiger charge is 2.39. The van der Waals surface area contributed by atoms with Crippen LogP contribution < -0.4 is 15.1 Å². The Labute approximate surface area is 202 Å². The van der Waals surface area contributed by atoms with Gasteiger partial charge in [0.05, 0.1) is 30.2 Å². The molecule has 0 aliphatic carbocycles. The Kier molecular flexibility index (Phi) is 7.97. The average Bonchev–Trinajstić information content (AvgIpc) is 3.12. The highest BCUT2D eigenvalue weighted by Crippen LogP contribution is 2.32. The van der Waals surface area contributed by atoms with Crippen LogP contribution in [0.25, 0.3) is 0 Å². The number of hydrogen-bond donors (Lipinski definition) is 2. The number of nitrogens with zero attached hydrogens (tertiary/aromatic N) is 2. The van der Waals surface area contributed by atoms with E-state index in [2.05, 4.69) is 5.32 Å². The number of aliphatic hydroxyl groups is 1. The number of ether oxygens (including phenoxy) is 2. The number of alkyl carbamates (subject to hydrolysis) is 1. The third kappa shape index (κ3) is 6.32. The summed E-state index contributed by atoms with van der Waals surface area (Å²) in [6, 6.07) is 4.47. The summed E-state index contributed by atoms with van der Waals surface area (Å²) in [5.41, 5.74) is -1.32. The summed E-state index contributed by atoms with van der Waals surface area (Å²) >= 11 is 1.37. The number of carbonyl (C=O) groups excluding carboxylic acids is 3. The molecule has 1 aromatic rings. The smallest absolute Gasteiger partial charge is 0.414 e. The van der Waals surface area contributed by atoms with Crippen LogP contribution in [-0.2, 0) is 14.3 Å². The highest BCUT2D eigenvalue weighted by atomic mass is 32.2. The molecule has 34 heavy (non-hydrogen) atoms. The van der Waals surface area contributed by atoms with Crippen molar-refractivity contribution in [2.75, 3.05) is 48.0 Å². The van der Waals surface area contributed by atoms with Crippen molar-refractivity contribution in [3.8, 4) is 0 Å². The minimum absolute atomic E-state index is 0.0731. The van der Waals surface area contributed by atoms with E-state index >= 15 is 0 Å². The molecule has 1 atom stereocenters. The first kappa shape index (κ1) is 26.1. The number of ketones is 1. The molecule has 2 amide bonds. The molecule has 2 aliphatic rings. The number of nitrogens with one attached hydrogen (secondary N) is 1. The lowest BCUT2D eigenvalue weighted by Crippen LogP contribution is -2.50. The Hall–Kier alpha value is -2.53. The molecule has 3 rings (SSSR count). The van der Waals surface area contributed by atoms with Crippen molar-refractivity contribution < 1.29 is 33.4 Å². The Balaban J connectivity index is 1.58. The Morgan fingerprint density at radius 2 is 2.00 bits per heavy atom. The number of carbonyl (C=O) groups is 3. The Morgan fingerprint density at radius 1 is 1.32 bits per heavy atom. The number of Topliss-reactive ketones (excluding diaryl/α,β-unsaturated/α-hetero) is 1. The van der Waals surface area contributed by atoms with E-state index in [1.54, 1.807) is 37.8 Å². The van der Waals surface area contributed by atoms with Crippen molar-refractivity contribution in [3.63, 3.8) is 0 Å². The van der Waals surface area contributed by atoms with Gasteiger partial charge in [-0.15, -0.1) is 0 Å². The van der Waals surface area contributed by atoms with Crippen molar-refractivity contribution in [1.29, 1.82) is 0 Å². The van der Waals surface area contributed by atoms with Crippen LogP contribution in [0.4, 0.5) is 25.4 Å². The van der Waals surface area contributed by atoms with Crippen molar-refractivity contribution in [1.82, 2.24) is 5.32 Å². The van der Waals surface area contributed by atoms with Gasteiger partial charge in [-0.05, 0) is 45.2 Å². The third-order valence-electron chi connectivity index (χ3n) is 5.72. The quantitative estimate of drug-likeness (QED) is 0.592. The molecule has 1 unspecified atom stereocenters. The van der Waals surface area contributed by atoms with Crippen LogP contribution in [0.1, 0.15) is 33.6 Å². The number of hydrogen-bond acceptors (Lipinski definition) is 8. The van der Waals surface area contributed by atoms with E-state index in [9.17, 15) is 23.9 Å². The van der Waals surface area contributed by atoms with Crippen LogP contribution in [0, 0.1) is 5.82 Å². The van der Waals surface area contributed by atoms with Gasteiger partial charge in [0.1, 0.15) is 23.1 Å². The van der Waals surface area contributed by atoms with Crippen molar-refractivity contribution in [2.45, 2.75) is 50.9 Å². The van der Waals surface area contributed by atoms with E-state index in [-0.39, 0.29) is 37.5 Å². The van der Waals surface area contributed by atoms with Crippen molar-refractivity contribution in [2.24, 2.45) is 0 Å². The minimum Gasteiger partial charge on any atom is -0.444 e. The molecular weight excluding hydrogens is 465 g/mol. The zero-order valence-corrected chi connectivity index (χ0v) is 20.7. The van der Waals surface area contributed by atoms with Gasteiger partial charge in [-0.1, -0.05) is 0 Å². The molecule has 2 N–H and O–H groups in total. The second-order valence-corrected chi connectivity index (χ2v) is 10.4. The van der Waals surface area contributed by atoms with Gasteiger partial charge >= 0.3 is 12.2 Å². The van der Waals surface area contributed by atoms with E-state index < -0.39 is 35.3 Å². The van der Waals surface area contributed by atoms with Gasteiger partial charge in [0, 0.05) is 25.9 Å². The first-order valence-electron chi connectivity index (χ1n) is 11.2. The molecule has 2 heterocycles. The maximum absolute atomic E-state index is 15.0. The van der Waals surface area contributed by atoms with Gasteiger partial charge in [0.2, 0.25) is 0 Å². The van der Waals surface area contributed by atoms with Gasteiger partial charge in [-0.3, -0.25) is 9.69 Å². The van der Waals surface area contributed by atoms with Crippen LogP contribution in [0.3, 0.4) is 0 Å². The van der Waals surface area contributed by atoms with E-state index in [0.717, 1.165) is 0 Å². The van der Waals surface area contributed by atoms with E-state index in [0.29, 0.717) is 24.5 Å². The SMILES string of the molecule is CSCC(=O)C1(O)CCN(c2ccc(N3CC(CNC(=O)OC(C)(C)C)OC3=O)cc2F)CC1. The van der Waals surface area contributed by atoms with Crippen LogP contribution >= 0.6 is 11.8 Å². The molecule has 0 spiro atoms. The fraction of sp³-hybridized carbons (Fsp3) is 0.609. The molecule has 2 saturated heterocycles. The number of benzene rings is 1. The number of piperidine rings is 1. The maximum atomic E-state index is 15.0. The van der Waals surface area contributed by atoms with Crippen LogP contribution in [0.5, 0.6) is 0 Å². The first-order valence-corrected chi connectivity index (χ1v) is 12.6.